The molecule has 5 nitrogen and oxygen atoms in total. The fourth-order valence-corrected chi connectivity index (χ4v) is 3.61. The Hall–Kier alpha value is -2.01. The summed E-state index contributed by atoms with van der Waals surface area (Å²) in [6.45, 7) is 2.23. The van der Waals surface area contributed by atoms with Crippen LogP contribution in [0, 0.1) is 0 Å². The number of rotatable bonds is 2. The molecule has 1 fully saturated rings. The van der Waals surface area contributed by atoms with Crippen LogP contribution in [0.2, 0.25) is 0 Å². The van der Waals surface area contributed by atoms with Gasteiger partial charge in [-0.25, -0.2) is 0 Å². The van der Waals surface area contributed by atoms with E-state index in [1.54, 1.807) is 6.07 Å². The van der Waals surface area contributed by atoms with E-state index in [4.69, 9.17) is 10.8 Å². The van der Waals surface area contributed by atoms with Gasteiger partial charge in [-0.1, -0.05) is 6.07 Å². The highest BCUT2D eigenvalue weighted by Gasteiger charge is 2.34. The van der Waals surface area contributed by atoms with Crippen LogP contribution in [0.3, 0.4) is 0 Å². The molecule has 1 aromatic carbocycles. The van der Waals surface area contributed by atoms with E-state index in [2.05, 4.69) is 9.88 Å². The molecule has 5 rings (SSSR count). The van der Waals surface area contributed by atoms with Gasteiger partial charge in [0.15, 0.2) is 0 Å². The molecule has 2 bridgehead atoms. The van der Waals surface area contributed by atoms with Gasteiger partial charge in [0.1, 0.15) is 11.9 Å². The third-order valence-corrected chi connectivity index (χ3v) is 4.69. The maximum Gasteiger partial charge on any atom is 0.325 e. The van der Waals surface area contributed by atoms with Crippen molar-refractivity contribution in [1.82, 2.24) is 4.98 Å². The molecular weight excluding hydrogens is 254 g/mol. The Labute approximate surface area is 116 Å². The lowest BCUT2D eigenvalue weighted by atomic mass is 9.84. The van der Waals surface area contributed by atoms with E-state index in [1.807, 2.05) is 12.1 Å². The molecule has 1 saturated heterocycles. The molecular formula is C15H17N3O2. The minimum absolute atomic E-state index is 0.597. The number of aromatic nitrogens is 1. The van der Waals surface area contributed by atoms with E-state index in [0.717, 1.165) is 24.0 Å². The smallest absolute Gasteiger partial charge is 0.325 e. The third kappa shape index (κ3) is 1.50. The Bertz CT molecular complexity index is 698. The van der Waals surface area contributed by atoms with Crippen LogP contribution in [-0.2, 0) is 4.79 Å². The third-order valence-electron chi connectivity index (χ3n) is 4.69. The standard InChI is InChI=1S/C15H17N3O2/c16-13(15(19)20)9-1-2-11-10(7-9)12-8-3-5-18(6-4-8)14(12)17-11/h1-2,7-8,13,17H,3-6,16H2,(H,19,20). The van der Waals surface area contributed by atoms with Crippen molar-refractivity contribution in [2.75, 3.05) is 18.0 Å². The minimum atomic E-state index is -0.987. The molecule has 3 aliphatic rings. The van der Waals surface area contributed by atoms with Gasteiger partial charge >= 0.3 is 5.97 Å². The number of fused-ring (bicyclic) bond motifs is 3. The molecule has 1 atom stereocenters. The van der Waals surface area contributed by atoms with Crippen molar-refractivity contribution in [3.05, 3.63) is 29.3 Å². The highest BCUT2D eigenvalue weighted by molar-refractivity contribution is 5.92. The van der Waals surface area contributed by atoms with Crippen LogP contribution in [0.5, 0.6) is 0 Å². The van der Waals surface area contributed by atoms with E-state index in [-0.39, 0.29) is 0 Å². The first kappa shape index (κ1) is 11.8. The monoisotopic (exact) mass is 271 g/mol. The van der Waals surface area contributed by atoms with Crippen LogP contribution in [0.15, 0.2) is 18.2 Å². The summed E-state index contributed by atoms with van der Waals surface area (Å²) < 4.78 is 0. The Morgan fingerprint density at radius 3 is 2.85 bits per heavy atom. The SMILES string of the molecule is NC(C(=O)O)c1ccc2[nH]c3c(c2c1)C1CCN3CC1. The van der Waals surface area contributed by atoms with Gasteiger partial charge in [-0.2, -0.15) is 0 Å². The predicted octanol–water partition coefficient (Wildman–Crippen LogP) is 1.95. The van der Waals surface area contributed by atoms with Crippen molar-refractivity contribution in [2.45, 2.75) is 24.8 Å². The fourth-order valence-electron chi connectivity index (χ4n) is 3.61. The van der Waals surface area contributed by atoms with Crippen LogP contribution in [0.1, 0.15) is 35.9 Å². The molecule has 5 heteroatoms. The molecule has 0 aliphatic carbocycles. The summed E-state index contributed by atoms with van der Waals surface area (Å²) in [6.07, 6.45) is 2.38. The topological polar surface area (TPSA) is 82.4 Å². The first-order valence-electron chi connectivity index (χ1n) is 7.04. The number of piperidine rings is 1. The lowest BCUT2D eigenvalue weighted by Crippen LogP contribution is -2.38. The molecule has 4 heterocycles. The van der Waals surface area contributed by atoms with Crippen LogP contribution in [0.25, 0.3) is 10.9 Å². The average Bonchev–Trinajstić information content (AvgIpc) is 2.88. The molecule has 0 amide bonds. The maximum atomic E-state index is 11.0. The quantitative estimate of drug-likeness (QED) is 0.779. The number of hydrogen-bond donors (Lipinski definition) is 3. The van der Waals surface area contributed by atoms with Gasteiger partial charge in [-0.3, -0.25) is 4.79 Å². The molecule has 1 aromatic heterocycles. The lowest BCUT2D eigenvalue weighted by Gasteiger charge is -2.40. The Kier molecular flexibility index (Phi) is 2.35. The number of benzene rings is 1. The summed E-state index contributed by atoms with van der Waals surface area (Å²) in [7, 11) is 0. The first-order valence-corrected chi connectivity index (χ1v) is 7.04. The average molecular weight is 271 g/mol. The number of nitrogens with zero attached hydrogens (tertiary/aromatic N) is 1. The Morgan fingerprint density at radius 1 is 1.40 bits per heavy atom. The van der Waals surface area contributed by atoms with Crippen molar-refractivity contribution in [1.29, 1.82) is 0 Å². The van der Waals surface area contributed by atoms with Gasteiger partial charge in [0.05, 0.1) is 0 Å². The van der Waals surface area contributed by atoms with E-state index in [9.17, 15) is 4.79 Å². The normalized spacial score (nSPS) is 19.4. The number of H-pyrrole nitrogens is 1. The number of nitrogens with two attached hydrogens (primary N) is 1. The van der Waals surface area contributed by atoms with Crippen molar-refractivity contribution < 1.29 is 9.90 Å². The summed E-state index contributed by atoms with van der Waals surface area (Å²) in [5.41, 5.74) is 8.84. The van der Waals surface area contributed by atoms with Crippen molar-refractivity contribution in [2.24, 2.45) is 5.73 Å². The van der Waals surface area contributed by atoms with Gasteiger partial charge in [0.2, 0.25) is 0 Å². The van der Waals surface area contributed by atoms with Gasteiger partial charge in [0.25, 0.3) is 0 Å². The Balaban J connectivity index is 1.91. The maximum absolute atomic E-state index is 11.0. The van der Waals surface area contributed by atoms with Gasteiger partial charge in [-0.05, 0) is 36.5 Å². The second kappa shape index (κ2) is 3.99. The van der Waals surface area contributed by atoms with E-state index >= 15 is 0 Å². The van der Waals surface area contributed by atoms with Gasteiger partial charge < -0.3 is 20.7 Å². The van der Waals surface area contributed by atoms with Crippen molar-refractivity contribution in [3.63, 3.8) is 0 Å². The molecule has 3 aliphatic heterocycles. The zero-order valence-electron chi connectivity index (χ0n) is 11.1. The zero-order chi connectivity index (χ0) is 13.9. The number of nitrogens with one attached hydrogen (secondary N) is 1. The molecule has 104 valence electrons. The summed E-state index contributed by atoms with van der Waals surface area (Å²) in [5.74, 6) is 0.836. The van der Waals surface area contributed by atoms with Gasteiger partial charge in [0, 0.05) is 29.6 Å². The molecule has 20 heavy (non-hydrogen) atoms. The number of carboxylic acid groups (broad SMARTS) is 1. The van der Waals surface area contributed by atoms with Crippen LogP contribution in [0.4, 0.5) is 5.82 Å². The number of aliphatic carboxylic acids is 1. The number of carboxylic acids is 1. The van der Waals surface area contributed by atoms with Crippen LogP contribution < -0.4 is 10.6 Å². The second-order valence-corrected chi connectivity index (χ2v) is 5.77. The molecule has 4 N–H and O–H groups in total. The molecule has 2 aromatic rings. The van der Waals surface area contributed by atoms with E-state index in [1.165, 1.54) is 24.2 Å². The Morgan fingerprint density at radius 2 is 2.15 bits per heavy atom. The van der Waals surface area contributed by atoms with E-state index < -0.39 is 12.0 Å². The minimum Gasteiger partial charge on any atom is -0.480 e. The molecule has 1 unspecified atom stereocenters. The van der Waals surface area contributed by atoms with Crippen molar-refractivity contribution in [3.8, 4) is 0 Å². The van der Waals surface area contributed by atoms with Crippen molar-refractivity contribution >= 4 is 22.7 Å². The fraction of sp³-hybridized carbons (Fsp3) is 0.400. The van der Waals surface area contributed by atoms with Gasteiger partial charge in [-0.15, -0.1) is 0 Å². The van der Waals surface area contributed by atoms with Crippen LogP contribution in [-0.4, -0.2) is 29.1 Å². The number of aromatic amines is 1. The summed E-state index contributed by atoms with van der Waals surface area (Å²) in [4.78, 5) is 16.9. The lowest BCUT2D eigenvalue weighted by molar-refractivity contribution is -0.138. The highest BCUT2D eigenvalue weighted by atomic mass is 16.4. The summed E-state index contributed by atoms with van der Waals surface area (Å²) >= 11 is 0. The number of hydrogen-bond acceptors (Lipinski definition) is 3. The zero-order valence-corrected chi connectivity index (χ0v) is 11.1. The second-order valence-electron chi connectivity index (χ2n) is 5.77. The van der Waals surface area contributed by atoms with Crippen LogP contribution >= 0.6 is 0 Å². The van der Waals surface area contributed by atoms with E-state index in [0.29, 0.717) is 11.5 Å². The highest BCUT2D eigenvalue weighted by Crippen LogP contribution is 2.46. The summed E-state index contributed by atoms with van der Waals surface area (Å²) in [5, 5.41) is 10.2. The first-order chi connectivity index (χ1) is 9.65. The molecule has 0 radical (unpaired) electrons. The largest absolute Gasteiger partial charge is 0.480 e. The number of carbonyl (C=O) groups is 1. The molecule has 0 spiro atoms. The predicted molar refractivity (Wildman–Crippen MR) is 77.1 cm³/mol. The summed E-state index contributed by atoms with van der Waals surface area (Å²) in [6, 6.07) is 4.75. The molecule has 0 saturated carbocycles. The number of anilines is 1.